The Morgan fingerprint density at radius 2 is 0.224 bits per heavy atom. The number of quaternary nitrogens is 3. The molecule has 0 heterocycles. The molecule has 0 saturated heterocycles. The van der Waals surface area contributed by atoms with Crippen LogP contribution in [0.5, 0.6) is 0 Å². The van der Waals surface area contributed by atoms with Crippen molar-refractivity contribution in [2.45, 2.75) is 505 Å². The molecule has 0 fully saturated rings. The third-order valence-electron chi connectivity index (χ3n) is 22.2. The standard InChI is InChI=1S/3C30H64N.H3O4P/c3*1-5-8-11-13-15-17-19-21-23-25-27-30-31(4,28-10-7-3)29-26-24-22-20-18-16-14-12-9-6-2;1-5(2,3)4/h3*5-30H2,1-4H3;(H3,1,2,3,4)/q3*+1;/p-3. The molecule has 0 saturated carbocycles. The van der Waals surface area contributed by atoms with Crippen molar-refractivity contribution in [1.29, 1.82) is 0 Å². The zero-order chi connectivity index (χ0) is 73.2. The number of rotatable bonds is 78. The smallest absolute Gasteiger partial charge is 0.0784 e. The van der Waals surface area contributed by atoms with Gasteiger partial charge in [-0.05, 0) is 96.3 Å². The highest BCUT2D eigenvalue weighted by atomic mass is 31.2. The molecule has 0 aliphatic carbocycles. The van der Waals surface area contributed by atoms with E-state index in [-0.39, 0.29) is 0 Å². The van der Waals surface area contributed by atoms with Crippen LogP contribution in [0.25, 0.3) is 0 Å². The average Bonchev–Trinajstić information content (AvgIpc) is 2.69. The predicted molar refractivity (Wildman–Crippen MR) is 440 cm³/mol. The zero-order valence-electron chi connectivity index (χ0n) is 70.6. The van der Waals surface area contributed by atoms with Gasteiger partial charge in [-0.15, -0.1) is 0 Å². The molecule has 7 nitrogen and oxygen atoms in total. The summed E-state index contributed by atoms with van der Waals surface area (Å²) in [5.41, 5.74) is 0. The summed E-state index contributed by atoms with van der Waals surface area (Å²) in [6.07, 6.45) is 100. The third-order valence-corrected chi connectivity index (χ3v) is 22.2. The summed E-state index contributed by atoms with van der Waals surface area (Å²) in [5, 5.41) is 0. The number of hydrogen-bond donors (Lipinski definition) is 0. The summed E-state index contributed by atoms with van der Waals surface area (Å²) in [5.74, 6) is 0. The molecule has 98 heavy (non-hydrogen) atoms. The van der Waals surface area contributed by atoms with Gasteiger partial charge in [0.05, 0.1) is 80.0 Å². The SMILES string of the molecule is CCCCCCCCCCCCC[N+](C)(CCCC)CCCCCCCCCCCC.CCCCCCCCCCCCC[N+](C)(CCCC)CCCCCCCCCCCC.CCCCCCCCCCCCC[N+](C)(CCCC)CCCCCCCCCCCC.O=P([O-])([O-])[O-]. The van der Waals surface area contributed by atoms with E-state index in [1.54, 1.807) is 0 Å². The van der Waals surface area contributed by atoms with Crippen molar-refractivity contribution in [3.05, 3.63) is 0 Å². The Morgan fingerprint density at radius 3 is 0.316 bits per heavy atom. The lowest BCUT2D eigenvalue weighted by atomic mass is 10.0. The minimum Gasteiger partial charge on any atom is -0.822 e. The van der Waals surface area contributed by atoms with Crippen LogP contribution in [0.3, 0.4) is 0 Å². The normalized spacial score (nSPS) is 13.5. The Kier molecular flexibility index (Phi) is 91.5. The first-order chi connectivity index (χ1) is 47.5. The zero-order valence-corrected chi connectivity index (χ0v) is 71.5. The lowest BCUT2D eigenvalue weighted by Crippen LogP contribution is -2.46. The maximum Gasteiger partial charge on any atom is 0.0784 e. The average molecular weight is 1410 g/mol. The minimum absolute atomic E-state index is 1.35. The lowest BCUT2D eigenvalue weighted by Gasteiger charge is -2.36. The number of unbranched alkanes of at least 4 members (excludes halogenated alkanes) is 60. The Labute approximate surface area is 622 Å². The van der Waals surface area contributed by atoms with Gasteiger partial charge in [-0.25, -0.2) is 0 Å². The van der Waals surface area contributed by atoms with Crippen LogP contribution in [0.2, 0.25) is 0 Å². The molecule has 0 spiro atoms. The van der Waals surface area contributed by atoms with Crippen LogP contribution < -0.4 is 14.7 Å². The van der Waals surface area contributed by atoms with E-state index in [4.69, 9.17) is 19.2 Å². The summed E-state index contributed by atoms with van der Waals surface area (Å²) in [7, 11) is 2.28. The van der Waals surface area contributed by atoms with E-state index in [1.165, 1.54) is 515 Å². The fourth-order valence-corrected chi connectivity index (χ4v) is 15.0. The van der Waals surface area contributed by atoms with Gasteiger partial charge in [-0.1, -0.05) is 409 Å². The van der Waals surface area contributed by atoms with Crippen molar-refractivity contribution in [2.24, 2.45) is 0 Å². The van der Waals surface area contributed by atoms with Crippen molar-refractivity contribution in [3.63, 3.8) is 0 Å². The summed E-state index contributed by atoms with van der Waals surface area (Å²) in [6, 6.07) is 0. The fourth-order valence-electron chi connectivity index (χ4n) is 15.0. The van der Waals surface area contributed by atoms with E-state index in [0.29, 0.717) is 0 Å². The monoisotopic (exact) mass is 1410 g/mol. The topological polar surface area (TPSA) is 86.2 Å². The molecule has 0 aliphatic rings. The molecule has 0 aliphatic heterocycles. The lowest BCUT2D eigenvalue weighted by molar-refractivity contribution is -0.910. The number of nitrogens with zero attached hydrogens (tertiary/aromatic N) is 3. The molecule has 0 amide bonds. The predicted octanol–water partition coefficient (Wildman–Crippen LogP) is 28.6. The van der Waals surface area contributed by atoms with E-state index in [2.05, 4.69) is 83.5 Å². The summed E-state index contributed by atoms with van der Waals surface area (Å²) >= 11 is 0. The van der Waals surface area contributed by atoms with Gasteiger partial charge in [0.1, 0.15) is 0 Å². The number of hydrogen-bond acceptors (Lipinski definition) is 4. The second-order valence-corrected chi connectivity index (χ2v) is 33.9. The fraction of sp³-hybridized carbons (Fsp3) is 1.00. The van der Waals surface area contributed by atoms with Gasteiger partial charge < -0.3 is 32.7 Å². The number of phosphoric acid groups is 1. The first kappa shape index (κ1) is 104. The first-order valence-corrected chi connectivity index (χ1v) is 47.2. The van der Waals surface area contributed by atoms with Crippen molar-refractivity contribution < 1.29 is 32.7 Å². The molecule has 0 N–H and O–H groups in total. The van der Waals surface area contributed by atoms with Gasteiger partial charge in [-0.3, -0.25) is 0 Å². The maximum atomic E-state index is 8.55. The van der Waals surface area contributed by atoms with Crippen molar-refractivity contribution in [1.82, 2.24) is 0 Å². The molecular weight excluding hydrogens is 1220 g/mol. The highest BCUT2D eigenvalue weighted by Gasteiger charge is 2.22. The molecule has 0 aromatic heterocycles. The van der Waals surface area contributed by atoms with Crippen LogP contribution >= 0.6 is 7.82 Å². The molecule has 0 aromatic rings. The quantitative estimate of drug-likeness (QED) is 0.0345. The van der Waals surface area contributed by atoms with E-state index < -0.39 is 7.82 Å². The summed E-state index contributed by atoms with van der Waals surface area (Å²) < 4.78 is 12.6. The van der Waals surface area contributed by atoms with Gasteiger partial charge in [-0.2, -0.15) is 7.82 Å². The van der Waals surface area contributed by atoms with E-state index in [0.717, 1.165) is 0 Å². The molecule has 3 atom stereocenters. The van der Waals surface area contributed by atoms with E-state index in [1.807, 2.05) is 0 Å². The van der Waals surface area contributed by atoms with Crippen LogP contribution in [0, 0.1) is 0 Å². The van der Waals surface area contributed by atoms with Gasteiger partial charge in [0.2, 0.25) is 0 Å². The molecule has 8 heteroatoms. The van der Waals surface area contributed by atoms with Crippen LogP contribution in [-0.2, 0) is 4.57 Å². The van der Waals surface area contributed by atoms with Crippen LogP contribution in [0.4, 0.5) is 0 Å². The molecule has 0 bridgehead atoms. The van der Waals surface area contributed by atoms with Crippen molar-refractivity contribution in [2.75, 3.05) is 80.0 Å². The Morgan fingerprint density at radius 1 is 0.153 bits per heavy atom. The van der Waals surface area contributed by atoms with Gasteiger partial charge in [0.25, 0.3) is 0 Å². The van der Waals surface area contributed by atoms with Crippen LogP contribution in [0.1, 0.15) is 505 Å². The molecule has 3 unspecified atom stereocenters. The Balaban J connectivity index is -0.000000652. The van der Waals surface area contributed by atoms with Crippen LogP contribution in [-0.4, -0.2) is 93.5 Å². The summed E-state index contributed by atoms with van der Waals surface area (Å²) in [4.78, 5) is 25.6. The third kappa shape index (κ3) is 94.0. The Bertz CT molecular complexity index is 1310. The summed E-state index contributed by atoms with van der Waals surface area (Å²) in [6.45, 7) is 33.7. The first-order valence-electron chi connectivity index (χ1n) is 45.8. The molecule has 0 aromatic carbocycles. The maximum absolute atomic E-state index is 8.55. The highest BCUT2D eigenvalue weighted by molar-refractivity contribution is 7.40. The van der Waals surface area contributed by atoms with E-state index in [9.17, 15) is 0 Å². The van der Waals surface area contributed by atoms with Crippen molar-refractivity contribution >= 4 is 7.82 Å². The van der Waals surface area contributed by atoms with Gasteiger partial charge in [0, 0.05) is 0 Å². The van der Waals surface area contributed by atoms with Crippen molar-refractivity contribution in [3.8, 4) is 0 Å². The molecule has 0 rings (SSSR count). The van der Waals surface area contributed by atoms with E-state index >= 15 is 0 Å². The highest BCUT2D eigenvalue weighted by Crippen LogP contribution is 2.22. The largest absolute Gasteiger partial charge is 0.822 e. The van der Waals surface area contributed by atoms with Gasteiger partial charge >= 0.3 is 0 Å². The van der Waals surface area contributed by atoms with Gasteiger partial charge in [0.15, 0.2) is 0 Å². The van der Waals surface area contributed by atoms with Crippen LogP contribution in [0.15, 0.2) is 0 Å². The molecule has 596 valence electrons. The second kappa shape index (κ2) is 85.9. The second-order valence-electron chi connectivity index (χ2n) is 33.0. The molecule has 0 radical (unpaired) electrons. The minimum atomic E-state index is -5.39. The molecular formula is C90H192N3O4P. The Hall–Kier alpha value is -0.0100.